The highest BCUT2D eigenvalue weighted by molar-refractivity contribution is 5.76. The fraction of sp³-hybridized carbons (Fsp3) is 0.464. The third-order valence-electron chi connectivity index (χ3n) is 5.52. The summed E-state index contributed by atoms with van der Waals surface area (Å²) in [7, 11) is 0. The van der Waals surface area contributed by atoms with Crippen molar-refractivity contribution in [3.63, 3.8) is 0 Å². The monoisotopic (exact) mass is 470 g/mol. The largest absolute Gasteiger partial charge is 0.399 e. The van der Waals surface area contributed by atoms with Gasteiger partial charge in [0.25, 0.3) is 0 Å². The average Bonchev–Trinajstić information content (AvgIpc) is 2.72. The number of nitrogens with one attached hydrogen (secondary N) is 3. The van der Waals surface area contributed by atoms with Crippen molar-refractivity contribution in [2.45, 2.75) is 73.4 Å². The molecule has 188 valence electrons. The molecular formula is C28H43FN4O. The molecule has 1 amide bonds. The summed E-state index contributed by atoms with van der Waals surface area (Å²) in [6.07, 6.45) is 3.02. The Morgan fingerprint density at radius 3 is 2.32 bits per heavy atom. The first-order valence-electron chi connectivity index (χ1n) is 11.8. The molecule has 0 aliphatic carbocycles. The number of anilines is 1. The van der Waals surface area contributed by atoms with Crippen LogP contribution in [0.5, 0.6) is 0 Å². The van der Waals surface area contributed by atoms with Gasteiger partial charge in [0.2, 0.25) is 5.91 Å². The number of hydrogen-bond acceptors (Lipinski definition) is 4. The van der Waals surface area contributed by atoms with Crippen molar-refractivity contribution in [1.82, 2.24) is 10.6 Å². The molecular weight excluding hydrogens is 427 g/mol. The van der Waals surface area contributed by atoms with Crippen LogP contribution < -0.4 is 21.7 Å². The van der Waals surface area contributed by atoms with Crippen LogP contribution in [0.15, 0.2) is 71.7 Å². The second-order valence-corrected chi connectivity index (χ2v) is 10.1. The van der Waals surface area contributed by atoms with Crippen molar-refractivity contribution in [1.29, 1.82) is 0 Å². The lowest BCUT2D eigenvalue weighted by molar-refractivity contribution is -0.123. The SMILES string of the molecule is C=C(N)/C(=C/C(CF)=C(\C)NC(C)C(C)NC(=O)CC(C)(C)C)C(=C)Nc1cccc(CC)c1. The molecule has 5 N–H and O–H groups in total. The van der Waals surface area contributed by atoms with Gasteiger partial charge in [-0.1, -0.05) is 53.0 Å². The Labute approximate surface area is 205 Å². The Hall–Kier alpha value is -3.02. The van der Waals surface area contributed by atoms with E-state index in [0.717, 1.165) is 12.1 Å². The topological polar surface area (TPSA) is 79.2 Å². The fourth-order valence-electron chi connectivity index (χ4n) is 3.38. The Morgan fingerprint density at radius 2 is 1.79 bits per heavy atom. The number of carbonyl (C=O) groups is 1. The average molecular weight is 471 g/mol. The Morgan fingerprint density at radius 1 is 1.18 bits per heavy atom. The van der Waals surface area contributed by atoms with Gasteiger partial charge in [0.15, 0.2) is 0 Å². The highest BCUT2D eigenvalue weighted by atomic mass is 19.1. The summed E-state index contributed by atoms with van der Waals surface area (Å²) in [5.74, 6) is -0.00266. The summed E-state index contributed by atoms with van der Waals surface area (Å²) >= 11 is 0. The van der Waals surface area contributed by atoms with E-state index in [2.05, 4.69) is 42.1 Å². The predicted molar refractivity (Wildman–Crippen MR) is 143 cm³/mol. The number of alkyl halides is 1. The van der Waals surface area contributed by atoms with Crippen molar-refractivity contribution >= 4 is 11.6 Å². The van der Waals surface area contributed by atoms with Crippen molar-refractivity contribution in [3.05, 3.63) is 77.3 Å². The molecule has 0 aliphatic rings. The molecule has 0 aliphatic heterocycles. The number of rotatable bonds is 12. The van der Waals surface area contributed by atoms with E-state index in [0.29, 0.717) is 34.7 Å². The standard InChI is InChI=1S/C28H43FN4O/c1-10-23-12-11-13-25(14-23)32-22(6)26(18(2)30)15-24(17-29)21(5)31-19(3)20(4)33-27(34)16-28(7,8)9/h11-15,19-20,31-32H,2,6,10,16-17,30H2,1,3-5,7-9H3,(H,33,34)/b24-21-,26-15-. The van der Waals surface area contributed by atoms with Crippen LogP contribution in [0.1, 0.15) is 60.5 Å². The van der Waals surface area contributed by atoms with Gasteiger partial charge < -0.3 is 21.7 Å². The second-order valence-electron chi connectivity index (χ2n) is 10.1. The normalized spacial score (nSPS) is 14.5. The lowest BCUT2D eigenvalue weighted by Gasteiger charge is -2.26. The lowest BCUT2D eigenvalue weighted by atomic mass is 9.92. The van der Waals surface area contributed by atoms with E-state index >= 15 is 0 Å². The van der Waals surface area contributed by atoms with E-state index in [1.807, 2.05) is 59.7 Å². The molecule has 0 spiro atoms. The Kier molecular flexibility index (Phi) is 11.1. The number of nitrogens with two attached hydrogens (primary N) is 1. The van der Waals surface area contributed by atoms with Gasteiger partial charge in [-0.15, -0.1) is 0 Å². The summed E-state index contributed by atoms with van der Waals surface area (Å²) in [6, 6.07) is 7.76. The van der Waals surface area contributed by atoms with Crippen LogP contribution in [0.25, 0.3) is 0 Å². The van der Waals surface area contributed by atoms with E-state index < -0.39 is 6.67 Å². The molecule has 2 unspecified atom stereocenters. The molecule has 1 aromatic carbocycles. The zero-order valence-electron chi connectivity index (χ0n) is 21.9. The van der Waals surface area contributed by atoms with Gasteiger partial charge in [-0.25, -0.2) is 4.39 Å². The fourth-order valence-corrected chi connectivity index (χ4v) is 3.38. The molecule has 0 bridgehead atoms. The van der Waals surface area contributed by atoms with Gasteiger partial charge in [-0.2, -0.15) is 0 Å². The van der Waals surface area contributed by atoms with Crippen LogP contribution in [-0.2, 0) is 11.2 Å². The minimum Gasteiger partial charge on any atom is -0.399 e. The smallest absolute Gasteiger partial charge is 0.220 e. The number of halogens is 1. The molecule has 0 fully saturated rings. The van der Waals surface area contributed by atoms with Crippen LogP contribution in [0.2, 0.25) is 0 Å². The molecule has 6 heteroatoms. The number of benzene rings is 1. The van der Waals surface area contributed by atoms with Crippen LogP contribution >= 0.6 is 0 Å². The lowest BCUT2D eigenvalue weighted by Crippen LogP contribution is -2.47. The van der Waals surface area contributed by atoms with E-state index in [1.165, 1.54) is 5.56 Å². The molecule has 0 saturated carbocycles. The summed E-state index contributed by atoms with van der Waals surface area (Å²) in [4.78, 5) is 12.3. The first-order chi connectivity index (χ1) is 15.8. The molecule has 2 atom stereocenters. The van der Waals surface area contributed by atoms with Crippen LogP contribution in [0, 0.1) is 5.41 Å². The number of amides is 1. The van der Waals surface area contributed by atoms with Crippen LogP contribution in [0.4, 0.5) is 10.1 Å². The highest BCUT2D eigenvalue weighted by Gasteiger charge is 2.20. The third-order valence-corrected chi connectivity index (χ3v) is 5.52. The van der Waals surface area contributed by atoms with E-state index in [9.17, 15) is 9.18 Å². The number of carbonyl (C=O) groups excluding carboxylic acids is 1. The van der Waals surface area contributed by atoms with Crippen molar-refractivity contribution in [2.24, 2.45) is 11.1 Å². The van der Waals surface area contributed by atoms with Gasteiger partial charge in [-0.3, -0.25) is 4.79 Å². The summed E-state index contributed by atoms with van der Waals surface area (Å²) < 4.78 is 14.0. The third kappa shape index (κ3) is 9.86. The van der Waals surface area contributed by atoms with E-state index in [1.54, 1.807) is 6.08 Å². The maximum atomic E-state index is 14.0. The highest BCUT2D eigenvalue weighted by Crippen LogP contribution is 2.22. The first-order valence-corrected chi connectivity index (χ1v) is 11.8. The molecule has 0 aromatic heterocycles. The van der Waals surface area contributed by atoms with E-state index in [-0.39, 0.29) is 23.4 Å². The summed E-state index contributed by atoms with van der Waals surface area (Å²) in [6.45, 7) is 21.1. The van der Waals surface area contributed by atoms with Gasteiger partial charge in [0, 0.05) is 52.4 Å². The first kappa shape index (κ1) is 29.0. The second kappa shape index (κ2) is 13.0. The van der Waals surface area contributed by atoms with Gasteiger partial charge >= 0.3 is 0 Å². The number of allylic oxidation sites excluding steroid dienone is 3. The Balaban J connectivity index is 3.02. The summed E-state index contributed by atoms with van der Waals surface area (Å²) in [5.41, 5.74) is 10.5. The molecule has 5 nitrogen and oxygen atoms in total. The maximum Gasteiger partial charge on any atom is 0.220 e. The summed E-state index contributed by atoms with van der Waals surface area (Å²) in [5, 5.41) is 9.58. The number of aryl methyl sites for hydroxylation is 1. The van der Waals surface area contributed by atoms with Crippen molar-refractivity contribution in [3.8, 4) is 0 Å². The van der Waals surface area contributed by atoms with Gasteiger partial charge in [0.1, 0.15) is 6.67 Å². The minimum absolute atomic E-state index is 0.00266. The molecule has 34 heavy (non-hydrogen) atoms. The van der Waals surface area contributed by atoms with Crippen molar-refractivity contribution in [2.75, 3.05) is 12.0 Å². The maximum absolute atomic E-state index is 14.0. The molecule has 0 heterocycles. The zero-order chi connectivity index (χ0) is 26.1. The quantitative estimate of drug-likeness (QED) is 0.294. The number of hydrogen-bond donors (Lipinski definition) is 4. The molecule has 0 radical (unpaired) electrons. The van der Waals surface area contributed by atoms with Crippen molar-refractivity contribution < 1.29 is 9.18 Å². The van der Waals surface area contributed by atoms with Gasteiger partial charge in [-0.05, 0) is 56.4 Å². The van der Waals surface area contributed by atoms with E-state index in [4.69, 9.17) is 5.73 Å². The Bertz CT molecular complexity index is 940. The molecule has 1 rings (SSSR count). The molecule has 0 saturated heterocycles. The van der Waals surface area contributed by atoms with Crippen LogP contribution in [0.3, 0.4) is 0 Å². The predicted octanol–water partition coefficient (Wildman–Crippen LogP) is 5.74. The van der Waals surface area contributed by atoms with Gasteiger partial charge in [0.05, 0.1) is 0 Å². The minimum atomic E-state index is -0.689. The zero-order valence-corrected chi connectivity index (χ0v) is 21.9. The molecule has 1 aromatic rings. The van der Waals surface area contributed by atoms with Crippen LogP contribution in [-0.4, -0.2) is 24.7 Å².